The largest absolute Gasteiger partial charge is 0.315 e. The number of fused-ring (bicyclic) bond motifs is 1. The Hall–Kier alpha value is -0.890. The van der Waals surface area contributed by atoms with Crippen LogP contribution in [0, 0.1) is 0 Å². The lowest BCUT2D eigenvalue weighted by atomic mass is 9.95. The Labute approximate surface area is 193 Å². The minimum Gasteiger partial charge on any atom is -0.315 e. The van der Waals surface area contributed by atoms with Crippen LogP contribution in [0.2, 0.25) is 0 Å². The molecule has 0 heterocycles. The van der Waals surface area contributed by atoms with Crippen LogP contribution in [0.4, 0.5) is 0 Å². The van der Waals surface area contributed by atoms with Gasteiger partial charge < -0.3 is 10.6 Å². The van der Waals surface area contributed by atoms with E-state index in [-0.39, 0.29) is 24.8 Å². The van der Waals surface area contributed by atoms with Gasteiger partial charge in [0.25, 0.3) is 0 Å². The Morgan fingerprint density at radius 1 is 0.800 bits per heavy atom. The lowest BCUT2D eigenvalue weighted by molar-refractivity contribution is 0.372. The predicted octanol–water partition coefficient (Wildman–Crippen LogP) is 4.25. The topological polar surface area (TPSA) is 70.2 Å². The molecule has 170 valence electrons. The van der Waals surface area contributed by atoms with E-state index in [0.29, 0.717) is 17.5 Å². The molecule has 2 aromatic carbocycles. The van der Waals surface area contributed by atoms with Gasteiger partial charge in [0.05, 0.1) is 4.90 Å². The fourth-order valence-electron chi connectivity index (χ4n) is 3.89. The zero-order valence-corrected chi connectivity index (χ0v) is 19.9. The summed E-state index contributed by atoms with van der Waals surface area (Å²) in [5, 5.41) is 8.77. The van der Waals surface area contributed by atoms with Crippen molar-refractivity contribution in [1.82, 2.24) is 15.4 Å². The number of halogens is 2. The van der Waals surface area contributed by atoms with Gasteiger partial charge in [-0.3, -0.25) is 0 Å². The van der Waals surface area contributed by atoms with Crippen LogP contribution in [0.5, 0.6) is 0 Å². The van der Waals surface area contributed by atoms with Gasteiger partial charge in [-0.15, -0.1) is 24.8 Å². The fourth-order valence-corrected chi connectivity index (χ4v) is 5.19. The highest BCUT2D eigenvalue weighted by Gasteiger charge is 2.16. The molecule has 1 saturated carbocycles. The molecule has 0 unspecified atom stereocenters. The van der Waals surface area contributed by atoms with Gasteiger partial charge in [-0.05, 0) is 43.7 Å². The molecule has 0 spiro atoms. The van der Waals surface area contributed by atoms with E-state index in [1.807, 2.05) is 30.3 Å². The van der Waals surface area contributed by atoms with Crippen molar-refractivity contribution in [3.63, 3.8) is 0 Å². The molecule has 0 saturated heterocycles. The molecule has 0 atom stereocenters. The Morgan fingerprint density at radius 2 is 1.50 bits per heavy atom. The van der Waals surface area contributed by atoms with E-state index in [1.165, 1.54) is 32.1 Å². The first-order valence-electron chi connectivity index (χ1n) is 10.6. The molecular formula is C22H35Cl2N3O2S. The van der Waals surface area contributed by atoms with Crippen LogP contribution >= 0.6 is 24.8 Å². The van der Waals surface area contributed by atoms with Gasteiger partial charge in [-0.2, -0.15) is 0 Å². The fraction of sp³-hybridized carbons (Fsp3) is 0.545. The molecule has 8 heteroatoms. The van der Waals surface area contributed by atoms with E-state index in [9.17, 15) is 8.42 Å². The Morgan fingerprint density at radius 3 is 2.30 bits per heavy atom. The van der Waals surface area contributed by atoms with Crippen LogP contribution in [-0.4, -0.2) is 40.6 Å². The summed E-state index contributed by atoms with van der Waals surface area (Å²) in [5.74, 6) is 0. The molecule has 2 aromatic rings. The Bertz CT molecular complexity index is 838. The second-order valence-corrected chi connectivity index (χ2v) is 9.36. The summed E-state index contributed by atoms with van der Waals surface area (Å²) in [7, 11) is -3.48. The standard InChI is InChI=1S/C22H33N3O2S.2ClH/c26-28(27,22-14-8-10-19-9-4-5-13-21(19)22)25-16-7-6-15-23-17-18-24-20-11-2-1-3-12-20;;/h4-5,8-10,13-14,20,23-25H,1-3,6-7,11-12,15-18H2;2*1H. The van der Waals surface area contributed by atoms with Crippen molar-refractivity contribution >= 4 is 45.6 Å². The predicted molar refractivity (Wildman–Crippen MR) is 131 cm³/mol. The van der Waals surface area contributed by atoms with Crippen molar-refractivity contribution in [2.24, 2.45) is 0 Å². The first-order chi connectivity index (χ1) is 13.7. The second-order valence-electron chi connectivity index (χ2n) is 7.62. The summed E-state index contributed by atoms with van der Waals surface area (Å²) in [4.78, 5) is 0.359. The van der Waals surface area contributed by atoms with Crippen LogP contribution in [0.15, 0.2) is 47.4 Å². The molecule has 0 aromatic heterocycles. The van der Waals surface area contributed by atoms with Crippen molar-refractivity contribution in [1.29, 1.82) is 0 Å². The first kappa shape index (κ1) is 27.1. The first-order valence-corrected chi connectivity index (χ1v) is 12.1. The van der Waals surface area contributed by atoms with Crippen LogP contribution in [-0.2, 0) is 10.0 Å². The monoisotopic (exact) mass is 475 g/mol. The van der Waals surface area contributed by atoms with Crippen LogP contribution in [0.25, 0.3) is 10.8 Å². The summed E-state index contributed by atoms with van der Waals surface area (Å²) in [6.45, 7) is 3.37. The summed E-state index contributed by atoms with van der Waals surface area (Å²) >= 11 is 0. The van der Waals surface area contributed by atoms with Crippen molar-refractivity contribution in [2.45, 2.75) is 55.9 Å². The molecular weight excluding hydrogens is 441 g/mol. The van der Waals surface area contributed by atoms with Crippen molar-refractivity contribution in [3.05, 3.63) is 42.5 Å². The third-order valence-electron chi connectivity index (χ3n) is 5.45. The molecule has 5 nitrogen and oxygen atoms in total. The molecule has 0 aliphatic heterocycles. The molecule has 1 aliphatic carbocycles. The van der Waals surface area contributed by atoms with Gasteiger partial charge in [0.1, 0.15) is 0 Å². The third-order valence-corrected chi connectivity index (χ3v) is 6.97. The Balaban J connectivity index is 0.00000225. The number of nitrogens with one attached hydrogen (secondary N) is 3. The van der Waals surface area contributed by atoms with Crippen molar-refractivity contribution in [3.8, 4) is 0 Å². The zero-order valence-electron chi connectivity index (χ0n) is 17.4. The number of unbranched alkanes of at least 4 members (excludes halogenated alkanes) is 1. The number of hydrogen-bond donors (Lipinski definition) is 3. The van der Waals surface area contributed by atoms with Crippen molar-refractivity contribution < 1.29 is 8.42 Å². The molecule has 0 amide bonds. The van der Waals surface area contributed by atoms with Crippen molar-refractivity contribution in [2.75, 3.05) is 26.2 Å². The van der Waals surface area contributed by atoms with E-state index in [0.717, 1.165) is 43.2 Å². The van der Waals surface area contributed by atoms with E-state index in [2.05, 4.69) is 15.4 Å². The number of benzene rings is 2. The smallest absolute Gasteiger partial charge is 0.241 e. The summed E-state index contributed by atoms with van der Waals surface area (Å²) in [5.41, 5.74) is 0. The molecule has 1 fully saturated rings. The van der Waals surface area contributed by atoms with Gasteiger partial charge >= 0.3 is 0 Å². The average molecular weight is 477 g/mol. The zero-order chi connectivity index (χ0) is 19.7. The van der Waals surface area contributed by atoms with E-state index in [1.54, 1.807) is 12.1 Å². The lowest BCUT2D eigenvalue weighted by Crippen LogP contribution is -2.36. The molecule has 0 radical (unpaired) electrons. The minimum atomic E-state index is -3.48. The maximum Gasteiger partial charge on any atom is 0.241 e. The molecule has 1 aliphatic rings. The van der Waals surface area contributed by atoms with Gasteiger partial charge in [-0.1, -0.05) is 55.7 Å². The lowest BCUT2D eigenvalue weighted by Gasteiger charge is -2.22. The van der Waals surface area contributed by atoms with Gasteiger partial charge in [0.2, 0.25) is 10.0 Å². The Kier molecular flexibility index (Phi) is 12.9. The highest BCUT2D eigenvalue weighted by atomic mass is 35.5. The number of hydrogen-bond acceptors (Lipinski definition) is 4. The summed E-state index contributed by atoms with van der Waals surface area (Å²) in [6.07, 6.45) is 8.53. The third kappa shape index (κ3) is 8.33. The molecule has 3 rings (SSSR count). The number of rotatable bonds is 11. The number of sulfonamides is 1. The van der Waals surface area contributed by atoms with Gasteiger partial charge in [-0.25, -0.2) is 13.1 Å². The van der Waals surface area contributed by atoms with Gasteiger partial charge in [0, 0.05) is 31.1 Å². The van der Waals surface area contributed by atoms with E-state index >= 15 is 0 Å². The quantitative estimate of drug-likeness (QED) is 0.424. The van der Waals surface area contributed by atoms with E-state index in [4.69, 9.17) is 0 Å². The van der Waals surface area contributed by atoms with Crippen LogP contribution < -0.4 is 15.4 Å². The maximum absolute atomic E-state index is 12.6. The summed E-state index contributed by atoms with van der Waals surface area (Å²) in [6, 6.07) is 13.7. The molecule has 0 bridgehead atoms. The van der Waals surface area contributed by atoms with Crippen LogP contribution in [0.1, 0.15) is 44.9 Å². The average Bonchev–Trinajstić information content (AvgIpc) is 2.73. The highest BCUT2D eigenvalue weighted by Crippen LogP contribution is 2.22. The highest BCUT2D eigenvalue weighted by molar-refractivity contribution is 7.89. The van der Waals surface area contributed by atoms with Gasteiger partial charge in [0.15, 0.2) is 0 Å². The van der Waals surface area contributed by atoms with Crippen LogP contribution in [0.3, 0.4) is 0 Å². The van der Waals surface area contributed by atoms with E-state index < -0.39 is 10.0 Å². The molecule has 30 heavy (non-hydrogen) atoms. The normalized spacial score (nSPS) is 14.8. The molecule has 3 N–H and O–H groups in total. The summed E-state index contributed by atoms with van der Waals surface area (Å²) < 4.78 is 28.0. The minimum absolute atomic E-state index is 0. The second kappa shape index (κ2) is 14.2. The SMILES string of the molecule is Cl.Cl.O=S(=O)(NCCCCNCCNC1CCCCC1)c1cccc2ccccc12. The maximum atomic E-state index is 12.6.